The lowest BCUT2D eigenvalue weighted by molar-refractivity contribution is -0.167. The van der Waals surface area contributed by atoms with E-state index in [0.717, 1.165) is 57.8 Å². The molecule has 0 spiro atoms. The number of carbonyl (C=O) groups is 3. The van der Waals surface area contributed by atoms with Crippen molar-refractivity contribution >= 4 is 17.9 Å². The standard InChI is InChI=1S/C45H86O6/c1-4-7-10-13-16-18-20-22-24-26-29-32-35-38-44(47)50-41-42(40-49-43(46)37-34-31-28-15-12-9-6-3)51-45(48)39-36-33-30-27-25-23-21-19-17-14-11-8-5-2/h42H,4-41H2,1-3H3/t42-/m0/s1. The lowest BCUT2D eigenvalue weighted by atomic mass is 10.0. The lowest BCUT2D eigenvalue weighted by Crippen LogP contribution is -2.30. The minimum Gasteiger partial charge on any atom is -0.462 e. The first-order valence-electron chi connectivity index (χ1n) is 22.5. The van der Waals surface area contributed by atoms with Crippen LogP contribution in [0, 0.1) is 0 Å². The van der Waals surface area contributed by atoms with E-state index in [1.807, 2.05) is 0 Å². The van der Waals surface area contributed by atoms with Crippen LogP contribution in [0.1, 0.15) is 252 Å². The summed E-state index contributed by atoms with van der Waals surface area (Å²) < 4.78 is 16.7. The van der Waals surface area contributed by atoms with Crippen molar-refractivity contribution in [3.8, 4) is 0 Å². The van der Waals surface area contributed by atoms with Crippen LogP contribution in [0.5, 0.6) is 0 Å². The Hall–Kier alpha value is -1.59. The molecule has 0 aromatic rings. The van der Waals surface area contributed by atoms with Gasteiger partial charge in [0.1, 0.15) is 13.2 Å². The normalized spacial score (nSPS) is 11.8. The second-order valence-electron chi connectivity index (χ2n) is 15.3. The molecule has 0 aliphatic carbocycles. The van der Waals surface area contributed by atoms with E-state index < -0.39 is 6.10 Å². The van der Waals surface area contributed by atoms with Crippen LogP contribution in [0.3, 0.4) is 0 Å². The SMILES string of the molecule is CCCCCCCCCCCCCCCC(=O)OC[C@H](COC(=O)CCCCCCCCC)OC(=O)CCCCCCCCCCCCCCC. The van der Waals surface area contributed by atoms with Crippen LogP contribution in [-0.4, -0.2) is 37.2 Å². The molecule has 0 aromatic carbocycles. The molecule has 0 unspecified atom stereocenters. The van der Waals surface area contributed by atoms with Gasteiger partial charge >= 0.3 is 17.9 Å². The Morgan fingerprint density at radius 3 is 0.784 bits per heavy atom. The monoisotopic (exact) mass is 723 g/mol. The molecule has 0 radical (unpaired) electrons. The molecule has 0 saturated carbocycles. The molecule has 0 rings (SSSR count). The van der Waals surface area contributed by atoms with Gasteiger partial charge in [-0.1, -0.05) is 213 Å². The van der Waals surface area contributed by atoms with Gasteiger partial charge in [-0.15, -0.1) is 0 Å². The summed E-state index contributed by atoms with van der Waals surface area (Å²) in [6.07, 6.45) is 40.9. The van der Waals surface area contributed by atoms with Crippen LogP contribution < -0.4 is 0 Å². The average molecular weight is 723 g/mol. The van der Waals surface area contributed by atoms with E-state index in [2.05, 4.69) is 20.8 Å². The maximum absolute atomic E-state index is 12.7. The first-order valence-corrected chi connectivity index (χ1v) is 22.5. The summed E-state index contributed by atoms with van der Waals surface area (Å²) in [7, 11) is 0. The van der Waals surface area contributed by atoms with Crippen LogP contribution in [-0.2, 0) is 28.6 Å². The second-order valence-corrected chi connectivity index (χ2v) is 15.3. The molecule has 0 amide bonds. The number of esters is 3. The van der Waals surface area contributed by atoms with Gasteiger partial charge in [-0.05, 0) is 19.3 Å². The molecule has 0 aliphatic heterocycles. The van der Waals surface area contributed by atoms with Crippen LogP contribution in [0.4, 0.5) is 0 Å². The Balaban J connectivity index is 4.27. The highest BCUT2D eigenvalue weighted by Gasteiger charge is 2.19. The summed E-state index contributed by atoms with van der Waals surface area (Å²) in [6.45, 7) is 6.61. The molecular weight excluding hydrogens is 636 g/mol. The summed E-state index contributed by atoms with van der Waals surface area (Å²) in [5.41, 5.74) is 0. The highest BCUT2D eigenvalue weighted by Crippen LogP contribution is 2.16. The minimum absolute atomic E-state index is 0.0632. The Kier molecular flexibility index (Phi) is 39.9. The maximum atomic E-state index is 12.7. The third-order valence-corrected chi connectivity index (χ3v) is 10.1. The highest BCUT2D eigenvalue weighted by atomic mass is 16.6. The van der Waals surface area contributed by atoms with Gasteiger partial charge in [-0.25, -0.2) is 0 Å². The molecule has 0 heterocycles. The zero-order valence-corrected chi connectivity index (χ0v) is 34.4. The van der Waals surface area contributed by atoms with Crippen LogP contribution in [0.15, 0.2) is 0 Å². The zero-order chi connectivity index (χ0) is 37.3. The van der Waals surface area contributed by atoms with E-state index in [0.29, 0.717) is 19.3 Å². The van der Waals surface area contributed by atoms with Gasteiger partial charge in [-0.3, -0.25) is 14.4 Å². The van der Waals surface area contributed by atoms with Crippen LogP contribution in [0.2, 0.25) is 0 Å². The summed E-state index contributed by atoms with van der Waals surface area (Å²) >= 11 is 0. The number of ether oxygens (including phenoxy) is 3. The summed E-state index contributed by atoms with van der Waals surface area (Å²) in [5.74, 6) is -0.858. The lowest BCUT2D eigenvalue weighted by Gasteiger charge is -2.18. The van der Waals surface area contributed by atoms with Crippen molar-refractivity contribution in [2.45, 2.75) is 258 Å². The van der Waals surface area contributed by atoms with Gasteiger partial charge in [0, 0.05) is 19.3 Å². The molecule has 6 nitrogen and oxygen atoms in total. The molecule has 51 heavy (non-hydrogen) atoms. The van der Waals surface area contributed by atoms with E-state index in [-0.39, 0.29) is 31.1 Å². The minimum atomic E-state index is -0.756. The number of unbranched alkanes of at least 4 members (excludes halogenated alkanes) is 30. The first-order chi connectivity index (χ1) is 25.0. The largest absolute Gasteiger partial charge is 0.462 e. The summed E-state index contributed by atoms with van der Waals surface area (Å²) in [5, 5.41) is 0. The molecule has 0 aromatic heterocycles. The van der Waals surface area contributed by atoms with Gasteiger partial charge < -0.3 is 14.2 Å². The van der Waals surface area contributed by atoms with Gasteiger partial charge in [0.15, 0.2) is 6.10 Å². The predicted molar refractivity (Wildman–Crippen MR) is 215 cm³/mol. The topological polar surface area (TPSA) is 78.9 Å². The van der Waals surface area contributed by atoms with Crippen molar-refractivity contribution < 1.29 is 28.6 Å². The molecule has 0 bridgehead atoms. The third-order valence-electron chi connectivity index (χ3n) is 10.1. The van der Waals surface area contributed by atoms with E-state index in [4.69, 9.17) is 14.2 Å². The zero-order valence-electron chi connectivity index (χ0n) is 34.4. The molecule has 6 heteroatoms. The number of hydrogen-bond donors (Lipinski definition) is 0. The maximum Gasteiger partial charge on any atom is 0.306 e. The first kappa shape index (κ1) is 49.4. The van der Waals surface area contributed by atoms with Crippen molar-refractivity contribution in [1.82, 2.24) is 0 Å². The van der Waals surface area contributed by atoms with E-state index in [1.54, 1.807) is 0 Å². The van der Waals surface area contributed by atoms with Crippen molar-refractivity contribution in [3.63, 3.8) is 0 Å². The van der Waals surface area contributed by atoms with Crippen molar-refractivity contribution in [3.05, 3.63) is 0 Å². The fourth-order valence-corrected chi connectivity index (χ4v) is 6.68. The van der Waals surface area contributed by atoms with E-state index in [1.165, 1.54) is 154 Å². The number of carbonyl (C=O) groups excluding carboxylic acids is 3. The molecule has 0 N–H and O–H groups in total. The molecular formula is C45H86O6. The van der Waals surface area contributed by atoms with Gasteiger partial charge in [-0.2, -0.15) is 0 Å². The van der Waals surface area contributed by atoms with Gasteiger partial charge in [0.25, 0.3) is 0 Å². The van der Waals surface area contributed by atoms with E-state index in [9.17, 15) is 14.4 Å². The number of hydrogen-bond acceptors (Lipinski definition) is 6. The molecule has 0 saturated heterocycles. The van der Waals surface area contributed by atoms with Crippen molar-refractivity contribution in [2.75, 3.05) is 13.2 Å². The molecule has 302 valence electrons. The molecule has 0 aliphatic rings. The summed E-state index contributed by atoms with van der Waals surface area (Å²) in [4.78, 5) is 37.5. The van der Waals surface area contributed by atoms with Crippen molar-refractivity contribution in [1.29, 1.82) is 0 Å². The van der Waals surface area contributed by atoms with Gasteiger partial charge in [0.05, 0.1) is 0 Å². The molecule has 0 fully saturated rings. The fraction of sp³-hybridized carbons (Fsp3) is 0.933. The second kappa shape index (κ2) is 41.2. The smallest absolute Gasteiger partial charge is 0.306 e. The highest BCUT2D eigenvalue weighted by molar-refractivity contribution is 5.71. The Labute approximate surface area is 317 Å². The predicted octanol–water partition coefficient (Wildman–Crippen LogP) is 14.1. The third kappa shape index (κ3) is 39.5. The van der Waals surface area contributed by atoms with Crippen LogP contribution >= 0.6 is 0 Å². The van der Waals surface area contributed by atoms with Gasteiger partial charge in [0.2, 0.25) is 0 Å². The number of rotatable bonds is 41. The summed E-state index contributed by atoms with van der Waals surface area (Å²) in [6, 6.07) is 0. The quantitative estimate of drug-likeness (QED) is 0.0355. The Morgan fingerprint density at radius 1 is 0.314 bits per heavy atom. The Bertz CT molecular complexity index is 753. The van der Waals surface area contributed by atoms with Crippen LogP contribution in [0.25, 0.3) is 0 Å². The molecule has 1 atom stereocenters. The fourth-order valence-electron chi connectivity index (χ4n) is 6.68. The average Bonchev–Trinajstić information content (AvgIpc) is 3.12. The van der Waals surface area contributed by atoms with E-state index >= 15 is 0 Å². The Morgan fingerprint density at radius 2 is 0.529 bits per heavy atom. The van der Waals surface area contributed by atoms with Crippen molar-refractivity contribution in [2.24, 2.45) is 0 Å².